The number of thiophene rings is 1. The molecule has 0 spiro atoms. The number of ether oxygens (including phenoxy) is 2. The summed E-state index contributed by atoms with van der Waals surface area (Å²) in [5.74, 6) is -1.05. The highest BCUT2D eigenvalue weighted by Crippen LogP contribution is 2.47. The van der Waals surface area contributed by atoms with Crippen LogP contribution in [-0.2, 0) is 17.8 Å². The van der Waals surface area contributed by atoms with Crippen molar-refractivity contribution in [3.63, 3.8) is 0 Å². The van der Waals surface area contributed by atoms with Gasteiger partial charge in [0.2, 0.25) is 0 Å². The second-order valence-electron chi connectivity index (χ2n) is 11.0. The molecule has 7 rings (SSSR count). The number of halogens is 1. The Hall–Kier alpha value is -4.64. The smallest absolute Gasteiger partial charge is 0.340 e. The minimum atomic E-state index is -0.634. The van der Waals surface area contributed by atoms with Crippen molar-refractivity contribution in [2.45, 2.75) is 51.3 Å². The third-order valence-corrected chi connectivity index (χ3v) is 9.47. The Morgan fingerprint density at radius 3 is 2.77 bits per heavy atom. The molecule has 224 valence electrons. The van der Waals surface area contributed by atoms with Gasteiger partial charge in [-0.25, -0.2) is 9.18 Å². The maximum Gasteiger partial charge on any atom is 0.340 e. The summed E-state index contributed by atoms with van der Waals surface area (Å²) in [7, 11) is 0. The number of nitrogens with one attached hydrogen (secondary N) is 1. The summed E-state index contributed by atoms with van der Waals surface area (Å²) in [5, 5.41) is 3.13. The van der Waals surface area contributed by atoms with Crippen molar-refractivity contribution in [3.8, 4) is 16.2 Å². The largest absolute Gasteiger partial charge is 0.487 e. The van der Waals surface area contributed by atoms with Gasteiger partial charge >= 0.3 is 5.97 Å². The van der Waals surface area contributed by atoms with Gasteiger partial charge in [-0.2, -0.15) is 0 Å². The van der Waals surface area contributed by atoms with Crippen LogP contribution >= 0.6 is 11.3 Å². The van der Waals surface area contributed by atoms with E-state index in [0.717, 1.165) is 36.9 Å². The molecule has 0 unspecified atom stereocenters. The number of hydrogen-bond donors (Lipinski definition) is 1. The Morgan fingerprint density at radius 1 is 1.11 bits per heavy atom. The van der Waals surface area contributed by atoms with Gasteiger partial charge in [0.1, 0.15) is 18.2 Å². The number of hydrogen-bond acceptors (Lipinski definition) is 8. The van der Waals surface area contributed by atoms with Crippen LogP contribution in [0, 0.1) is 5.82 Å². The minimum Gasteiger partial charge on any atom is -0.487 e. The van der Waals surface area contributed by atoms with Gasteiger partial charge in [0, 0.05) is 28.9 Å². The predicted octanol–water partition coefficient (Wildman–Crippen LogP) is 5.81. The molecule has 2 amide bonds. The molecule has 1 saturated heterocycles. The van der Waals surface area contributed by atoms with Gasteiger partial charge in [-0.1, -0.05) is 6.07 Å². The Balaban J connectivity index is 1.29. The molecule has 3 aromatic heterocycles. The summed E-state index contributed by atoms with van der Waals surface area (Å²) >= 11 is 1.21. The van der Waals surface area contributed by atoms with E-state index < -0.39 is 11.8 Å². The molecule has 11 heteroatoms. The number of aromatic nitrogens is 2. The van der Waals surface area contributed by atoms with Gasteiger partial charge in [0.25, 0.3) is 11.8 Å². The maximum atomic E-state index is 13.8. The minimum absolute atomic E-state index is 0.102. The van der Waals surface area contributed by atoms with E-state index in [9.17, 15) is 18.8 Å². The van der Waals surface area contributed by atoms with Gasteiger partial charge in [-0.15, -0.1) is 11.3 Å². The third kappa shape index (κ3) is 4.90. The Bertz CT molecular complexity index is 1790. The molecule has 0 bridgehead atoms. The first kappa shape index (κ1) is 28.1. The second-order valence-corrected chi connectivity index (χ2v) is 12.0. The molecule has 9 nitrogen and oxygen atoms in total. The van der Waals surface area contributed by atoms with E-state index in [1.54, 1.807) is 30.2 Å². The standard InChI is InChI=1S/C33H29FN4O5S/c1-2-42-33(41)27-23(17-43-19-9-7-18(34)8-10-19)36-30-24-6-4-16-38(24)32(40)29(30)28(27)25-13-14-26(44-25)31(39)37-22-12-11-21-20(22)5-3-15-35-21/h3,5,7-10,13-15,22,24H,2,4,6,11-12,16-17H2,1H3,(H,37,39)/t22-,24+/m1/s1. The number of benzene rings is 1. The van der Waals surface area contributed by atoms with E-state index in [2.05, 4.69) is 10.3 Å². The lowest BCUT2D eigenvalue weighted by molar-refractivity contribution is 0.0523. The summed E-state index contributed by atoms with van der Waals surface area (Å²) in [5.41, 5.74) is 3.83. The quantitative estimate of drug-likeness (QED) is 0.250. The molecule has 2 atom stereocenters. The van der Waals surface area contributed by atoms with Crippen LogP contribution in [0.25, 0.3) is 10.4 Å². The van der Waals surface area contributed by atoms with Gasteiger partial charge in [-0.3, -0.25) is 19.6 Å². The zero-order valence-electron chi connectivity index (χ0n) is 24.0. The van der Waals surface area contributed by atoms with E-state index in [4.69, 9.17) is 14.5 Å². The number of esters is 1. The highest BCUT2D eigenvalue weighted by Gasteiger charge is 2.45. The molecule has 2 aliphatic heterocycles. The van der Waals surface area contributed by atoms with Crippen molar-refractivity contribution in [2.24, 2.45) is 0 Å². The Labute approximate surface area is 257 Å². The van der Waals surface area contributed by atoms with Crippen LogP contribution in [0.3, 0.4) is 0 Å². The molecule has 0 radical (unpaired) electrons. The number of carbonyl (C=O) groups is 3. The Morgan fingerprint density at radius 2 is 1.95 bits per heavy atom. The van der Waals surface area contributed by atoms with Gasteiger partial charge in [-0.05, 0) is 80.6 Å². The lowest BCUT2D eigenvalue weighted by Crippen LogP contribution is -2.26. The van der Waals surface area contributed by atoms with Gasteiger partial charge < -0.3 is 19.7 Å². The molecule has 1 fully saturated rings. The van der Waals surface area contributed by atoms with E-state index >= 15 is 0 Å². The van der Waals surface area contributed by atoms with E-state index in [1.807, 2.05) is 12.1 Å². The van der Waals surface area contributed by atoms with Crippen LogP contribution in [0.5, 0.6) is 5.75 Å². The first-order valence-corrected chi connectivity index (χ1v) is 15.5. The fourth-order valence-corrected chi connectivity index (χ4v) is 7.36. The number of nitrogens with zero attached hydrogens (tertiary/aromatic N) is 3. The molecule has 5 heterocycles. The zero-order chi connectivity index (χ0) is 30.4. The molecule has 3 aliphatic rings. The molecule has 1 aromatic carbocycles. The van der Waals surface area contributed by atoms with Crippen molar-refractivity contribution >= 4 is 29.1 Å². The van der Waals surface area contributed by atoms with Crippen molar-refractivity contribution in [2.75, 3.05) is 13.2 Å². The second kappa shape index (κ2) is 11.5. The third-order valence-electron chi connectivity index (χ3n) is 8.36. The normalized spacial score (nSPS) is 18.1. The monoisotopic (exact) mass is 612 g/mol. The van der Waals surface area contributed by atoms with Crippen LogP contribution in [0.4, 0.5) is 4.39 Å². The van der Waals surface area contributed by atoms with E-state index in [0.29, 0.717) is 44.6 Å². The lowest BCUT2D eigenvalue weighted by atomic mass is 9.95. The van der Waals surface area contributed by atoms with Crippen molar-refractivity contribution < 1.29 is 28.2 Å². The van der Waals surface area contributed by atoms with Crippen LogP contribution in [0.15, 0.2) is 54.7 Å². The molecule has 44 heavy (non-hydrogen) atoms. The average Bonchev–Trinajstić information content (AvgIpc) is 3.83. The number of pyridine rings is 2. The Kier molecular flexibility index (Phi) is 7.33. The van der Waals surface area contributed by atoms with Crippen LogP contribution in [0.1, 0.15) is 91.3 Å². The zero-order valence-corrected chi connectivity index (χ0v) is 24.8. The highest BCUT2D eigenvalue weighted by atomic mass is 32.1. The van der Waals surface area contributed by atoms with Crippen molar-refractivity contribution in [3.05, 3.63) is 99.2 Å². The summed E-state index contributed by atoms with van der Waals surface area (Å²) in [4.78, 5) is 52.9. The van der Waals surface area contributed by atoms with Crippen LogP contribution in [0.2, 0.25) is 0 Å². The lowest BCUT2D eigenvalue weighted by Gasteiger charge is -2.17. The van der Waals surface area contributed by atoms with Crippen LogP contribution in [-0.4, -0.2) is 45.8 Å². The first-order valence-electron chi connectivity index (χ1n) is 14.7. The topological polar surface area (TPSA) is 111 Å². The number of rotatable bonds is 8. The summed E-state index contributed by atoms with van der Waals surface area (Å²) < 4.78 is 24.9. The molecular weight excluding hydrogens is 583 g/mol. The maximum absolute atomic E-state index is 13.8. The SMILES string of the molecule is CCOC(=O)c1c(COc2ccc(F)cc2)nc2c(c1-c1ccc(C(=O)N[C@@H]3CCc4ncccc43)s1)C(=O)N1CCC[C@@H]21. The van der Waals surface area contributed by atoms with Crippen molar-refractivity contribution in [1.29, 1.82) is 0 Å². The fraction of sp³-hybridized carbons (Fsp3) is 0.303. The molecule has 4 aromatic rings. The fourth-order valence-electron chi connectivity index (χ4n) is 6.39. The van der Waals surface area contributed by atoms with Crippen LogP contribution < -0.4 is 10.1 Å². The number of carbonyl (C=O) groups excluding carboxylic acids is 3. The van der Waals surface area contributed by atoms with E-state index in [-0.39, 0.29) is 42.7 Å². The van der Waals surface area contributed by atoms with E-state index in [1.165, 1.54) is 35.6 Å². The average molecular weight is 613 g/mol. The highest BCUT2D eigenvalue weighted by molar-refractivity contribution is 7.17. The predicted molar refractivity (Wildman–Crippen MR) is 160 cm³/mol. The van der Waals surface area contributed by atoms with Gasteiger partial charge in [0.15, 0.2) is 0 Å². The van der Waals surface area contributed by atoms with Crippen molar-refractivity contribution in [1.82, 2.24) is 20.2 Å². The number of aryl methyl sites for hydroxylation is 1. The molecule has 1 aliphatic carbocycles. The first-order chi connectivity index (χ1) is 21.4. The summed E-state index contributed by atoms with van der Waals surface area (Å²) in [6.45, 7) is 2.32. The number of amides is 2. The van der Waals surface area contributed by atoms with Gasteiger partial charge in [0.05, 0.1) is 46.1 Å². The number of fused-ring (bicyclic) bond motifs is 4. The summed E-state index contributed by atoms with van der Waals surface area (Å²) in [6.07, 6.45) is 4.94. The molecule has 0 saturated carbocycles. The molecule has 1 N–H and O–H groups in total. The summed E-state index contributed by atoms with van der Waals surface area (Å²) in [6, 6.07) is 12.6. The molecular formula is C33H29FN4O5S.